The van der Waals surface area contributed by atoms with Gasteiger partial charge in [-0.25, -0.2) is 0 Å². The minimum atomic E-state index is 0.483. The third-order valence-corrected chi connectivity index (χ3v) is 4.89. The van der Waals surface area contributed by atoms with Crippen molar-refractivity contribution >= 4 is 0 Å². The summed E-state index contributed by atoms with van der Waals surface area (Å²) in [6, 6.07) is 15.1. The second kappa shape index (κ2) is 8.92. The fourth-order valence-corrected chi connectivity index (χ4v) is 3.54. The molecule has 0 radical (unpaired) electrons. The third kappa shape index (κ3) is 4.29. The van der Waals surface area contributed by atoms with Crippen molar-refractivity contribution in [3.05, 3.63) is 53.6 Å². The number of nitrogens with one attached hydrogen (secondary N) is 1. The molecule has 1 aliphatic heterocycles. The Labute approximate surface area is 155 Å². The van der Waals surface area contributed by atoms with Crippen LogP contribution in [0.25, 0.3) is 0 Å². The number of hydrogen-bond donors (Lipinski definition) is 1. The molecule has 0 aromatic heterocycles. The van der Waals surface area contributed by atoms with Crippen LogP contribution >= 0.6 is 0 Å². The summed E-state index contributed by atoms with van der Waals surface area (Å²) in [6.45, 7) is 3.94. The summed E-state index contributed by atoms with van der Waals surface area (Å²) >= 11 is 0. The molecule has 1 aliphatic rings. The van der Waals surface area contributed by atoms with Crippen LogP contribution in [0.15, 0.2) is 42.5 Å². The van der Waals surface area contributed by atoms with Crippen molar-refractivity contribution in [1.82, 2.24) is 10.2 Å². The number of nitrogens with zero attached hydrogens (tertiary/aromatic N) is 1. The zero-order chi connectivity index (χ0) is 18.4. The summed E-state index contributed by atoms with van der Waals surface area (Å²) in [6.07, 6.45) is 1.16. The zero-order valence-electron chi connectivity index (χ0n) is 15.8. The van der Waals surface area contributed by atoms with E-state index < -0.39 is 0 Å². The van der Waals surface area contributed by atoms with E-state index in [-0.39, 0.29) is 0 Å². The monoisotopic (exact) mass is 356 g/mol. The molecule has 0 unspecified atom stereocenters. The zero-order valence-corrected chi connectivity index (χ0v) is 15.8. The number of hydrogen-bond acceptors (Lipinski definition) is 5. The Bertz CT molecular complexity index is 706. The van der Waals surface area contributed by atoms with Gasteiger partial charge in [0, 0.05) is 37.8 Å². The first-order valence-corrected chi connectivity index (χ1v) is 9.02. The largest absolute Gasteiger partial charge is 0.493 e. The van der Waals surface area contributed by atoms with E-state index in [4.69, 9.17) is 14.2 Å². The molecule has 1 atom stereocenters. The lowest BCUT2D eigenvalue weighted by Gasteiger charge is -2.19. The molecule has 2 aromatic carbocycles. The molecule has 26 heavy (non-hydrogen) atoms. The molecule has 140 valence electrons. The van der Waals surface area contributed by atoms with Crippen molar-refractivity contribution in [2.24, 2.45) is 0 Å². The number of rotatable bonds is 8. The Hall–Kier alpha value is -2.24. The highest BCUT2D eigenvalue weighted by atomic mass is 16.5. The quantitative estimate of drug-likeness (QED) is 0.787. The van der Waals surface area contributed by atoms with Crippen LogP contribution in [-0.4, -0.2) is 45.4 Å². The van der Waals surface area contributed by atoms with Gasteiger partial charge in [0.2, 0.25) is 5.75 Å². The van der Waals surface area contributed by atoms with Gasteiger partial charge < -0.3 is 19.5 Å². The summed E-state index contributed by atoms with van der Waals surface area (Å²) in [7, 11) is 4.93. The third-order valence-electron chi connectivity index (χ3n) is 4.89. The highest BCUT2D eigenvalue weighted by molar-refractivity contribution is 5.55. The van der Waals surface area contributed by atoms with E-state index in [0.29, 0.717) is 17.5 Å². The van der Waals surface area contributed by atoms with Gasteiger partial charge in [0.05, 0.1) is 21.3 Å². The van der Waals surface area contributed by atoms with Crippen LogP contribution in [0, 0.1) is 0 Å². The maximum absolute atomic E-state index is 5.57. The Morgan fingerprint density at radius 2 is 1.73 bits per heavy atom. The number of ether oxygens (including phenoxy) is 3. The van der Waals surface area contributed by atoms with Crippen molar-refractivity contribution in [3.8, 4) is 17.2 Å². The number of benzene rings is 2. The van der Waals surface area contributed by atoms with Gasteiger partial charge in [-0.3, -0.25) is 4.90 Å². The van der Waals surface area contributed by atoms with Gasteiger partial charge in [-0.2, -0.15) is 0 Å². The molecule has 1 saturated heterocycles. The van der Waals surface area contributed by atoms with Gasteiger partial charge in [0.1, 0.15) is 0 Å². The molecule has 0 aliphatic carbocycles. The molecule has 5 heteroatoms. The highest BCUT2D eigenvalue weighted by Gasteiger charge is 2.23. The predicted molar refractivity (Wildman–Crippen MR) is 103 cm³/mol. The highest BCUT2D eigenvalue weighted by Crippen LogP contribution is 2.39. The van der Waals surface area contributed by atoms with Crippen molar-refractivity contribution < 1.29 is 14.2 Å². The molecular weight excluding hydrogens is 328 g/mol. The van der Waals surface area contributed by atoms with Gasteiger partial charge in [-0.05, 0) is 18.1 Å². The van der Waals surface area contributed by atoms with Gasteiger partial charge in [-0.15, -0.1) is 0 Å². The molecule has 0 amide bonds. The van der Waals surface area contributed by atoms with Crippen LogP contribution in [0.1, 0.15) is 17.5 Å². The summed E-state index contributed by atoms with van der Waals surface area (Å²) in [5.41, 5.74) is 2.45. The Balaban J connectivity index is 1.58. The normalized spacial score (nSPS) is 17.3. The molecule has 0 spiro atoms. The minimum Gasteiger partial charge on any atom is -0.493 e. The Kier molecular flexibility index (Phi) is 6.36. The first-order valence-electron chi connectivity index (χ1n) is 9.02. The molecular formula is C21H28N2O3. The summed E-state index contributed by atoms with van der Waals surface area (Å²) in [5, 5.41) is 3.66. The first kappa shape index (κ1) is 18.5. The topological polar surface area (TPSA) is 43.0 Å². The van der Waals surface area contributed by atoms with E-state index in [0.717, 1.165) is 43.9 Å². The average molecular weight is 356 g/mol. The molecule has 2 aromatic rings. The summed E-state index contributed by atoms with van der Waals surface area (Å²) < 4.78 is 16.4. The van der Waals surface area contributed by atoms with Crippen LogP contribution in [0.4, 0.5) is 0 Å². The van der Waals surface area contributed by atoms with Gasteiger partial charge >= 0.3 is 0 Å². The molecule has 1 fully saturated rings. The molecule has 5 nitrogen and oxygen atoms in total. The lowest BCUT2D eigenvalue weighted by Crippen LogP contribution is -2.32. The van der Waals surface area contributed by atoms with E-state index >= 15 is 0 Å². The summed E-state index contributed by atoms with van der Waals surface area (Å²) in [4.78, 5) is 2.50. The standard InChI is InChI=1S/C21H28N2O3/c1-24-19-10-9-17(20(25-2)21(19)26-3)13-22-18-11-12-23(15-18)14-16-7-5-4-6-8-16/h4-10,18,22H,11-15H2,1-3H3/t18-/m0/s1. The second-order valence-corrected chi connectivity index (χ2v) is 6.58. The van der Waals surface area contributed by atoms with Crippen molar-refractivity contribution in [3.63, 3.8) is 0 Å². The van der Waals surface area contributed by atoms with Crippen LogP contribution < -0.4 is 19.5 Å². The smallest absolute Gasteiger partial charge is 0.203 e. The number of likely N-dealkylation sites (tertiary alicyclic amines) is 1. The van der Waals surface area contributed by atoms with Crippen molar-refractivity contribution in [2.75, 3.05) is 34.4 Å². The molecule has 0 bridgehead atoms. The van der Waals surface area contributed by atoms with E-state index in [1.807, 2.05) is 12.1 Å². The van der Waals surface area contributed by atoms with Gasteiger partial charge in [0.25, 0.3) is 0 Å². The van der Waals surface area contributed by atoms with Gasteiger partial charge in [0.15, 0.2) is 11.5 Å². The number of methoxy groups -OCH3 is 3. The molecule has 1 N–H and O–H groups in total. The minimum absolute atomic E-state index is 0.483. The lowest BCUT2D eigenvalue weighted by molar-refractivity contribution is 0.315. The van der Waals surface area contributed by atoms with Gasteiger partial charge in [-0.1, -0.05) is 36.4 Å². The Morgan fingerprint density at radius 3 is 2.42 bits per heavy atom. The fourth-order valence-electron chi connectivity index (χ4n) is 3.54. The average Bonchev–Trinajstić information content (AvgIpc) is 3.13. The lowest BCUT2D eigenvalue weighted by atomic mass is 10.1. The van der Waals surface area contributed by atoms with E-state index in [2.05, 4.69) is 40.5 Å². The molecule has 1 heterocycles. The van der Waals surface area contributed by atoms with Crippen LogP contribution in [0.3, 0.4) is 0 Å². The van der Waals surface area contributed by atoms with E-state index in [9.17, 15) is 0 Å². The summed E-state index contributed by atoms with van der Waals surface area (Å²) in [5.74, 6) is 2.06. The first-order chi connectivity index (χ1) is 12.7. The van der Waals surface area contributed by atoms with Crippen LogP contribution in [0.5, 0.6) is 17.2 Å². The van der Waals surface area contributed by atoms with Crippen molar-refractivity contribution in [1.29, 1.82) is 0 Å². The van der Waals surface area contributed by atoms with Crippen LogP contribution in [0.2, 0.25) is 0 Å². The molecule has 3 rings (SSSR count). The SMILES string of the molecule is COc1ccc(CN[C@H]2CCN(Cc3ccccc3)C2)c(OC)c1OC. The maximum atomic E-state index is 5.57. The van der Waals surface area contributed by atoms with Crippen LogP contribution in [-0.2, 0) is 13.1 Å². The molecule has 0 saturated carbocycles. The van der Waals surface area contributed by atoms with E-state index in [1.54, 1.807) is 21.3 Å². The van der Waals surface area contributed by atoms with Crippen molar-refractivity contribution in [2.45, 2.75) is 25.6 Å². The fraction of sp³-hybridized carbons (Fsp3) is 0.429. The Morgan fingerprint density at radius 1 is 0.962 bits per heavy atom. The maximum Gasteiger partial charge on any atom is 0.203 e. The van der Waals surface area contributed by atoms with E-state index in [1.165, 1.54) is 5.56 Å². The second-order valence-electron chi connectivity index (χ2n) is 6.58. The predicted octanol–water partition coefficient (Wildman–Crippen LogP) is 3.08.